The number of oxime groups is 1. The molecule has 2 atom stereocenters. The molecule has 0 spiro atoms. The number of thioether (sulfide) groups is 2. The first kappa shape index (κ1) is 28.1. The molecule has 1 saturated heterocycles. The first-order valence-electron chi connectivity index (χ1n) is 11.3. The number of carbonyl (C=O) groups excluding carboxylic acids is 3. The van der Waals surface area contributed by atoms with Crippen LogP contribution >= 0.6 is 34.9 Å². The number of thiazole rings is 1. The van der Waals surface area contributed by atoms with Crippen LogP contribution in [-0.2, 0) is 31.1 Å². The minimum atomic E-state index is -1.26. The van der Waals surface area contributed by atoms with E-state index in [0.29, 0.717) is 28.6 Å². The van der Waals surface area contributed by atoms with E-state index in [1.54, 1.807) is 30.1 Å². The lowest BCUT2D eigenvalue weighted by atomic mass is 10.0. The van der Waals surface area contributed by atoms with Gasteiger partial charge in [-0.3, -0.25) is 19.3 Å². The molecule has 0 saturated carbocycles. The lowest BCUT2D eigenvalue weighted by Gasteiger charge is -2.49. The van der Waals surface area contributed by atoms with Crippen molar-refractivity contribution in [3.63, 3.8) is 0 Å². The van der Waals surface area contributed by atoms with E-state index in [2.05, 4.69) is 25.8 Å². The number of aromatic nitrogens is 3. The van der Waals surface area contributed by atoms with E-state index in [9.17, 15) is 24.3 Å². The Morgan fingerprint density at radius 1 is 1.41 bits per heavy atom. The van der Waals surface area contributed by atoms with E-state index in [1.165, 1.54) is 28.4 Å². The third-order valence-electron chi connectivity index (χ3n) is 5.51. The Morgan fingerprint density at radius 3 is 2.82 bits per heavy atom. The summed E-state index contributed by atoms with van der Waals surface area (Å²) in [6.45, 7) is 1.90. The molecule has 39 heavy (non-hydrogen) atoms. The van der Waals surface area contributed by atoms with Gasteiger partial charge in [-0.15, -0.1) is 23.1 Å². The Kier molecular flexibility index (Phi) is 8.56. The van der Waals surface area contributed by atoms with Gasteiger partial charge in [-0.1, -0.05) is 5.16 Å². The number of nitrogen functional groups attached to an aromatic ring is 2. The van der Waals surface area contributed by atoms with E-state index in [0.717, 1.165) is 11.3 Å². The molecule has 2 aromatic heterocycles. The number of fused-ring (bicyclic) bond motifs is 1. The van der Waals surface area contributed by atoms with Crippen LogP contribution in [0.15, 0.2) is 33.2 Å². The van der Waals surface area contributed by atoms with Crippen molar-refractivity contribution in [3.8, 4) is 0 Å². The molecule has 3 amide bonds. The first-order chi connectivity index (χ1) is 18.7. The van der Waals surface area contributed by atoms with Gasteiger partial charge in [0.05, 0.1) is 7.05 Å². The van der Waals surface area contributed by atoms with Gasteiger partial charge in [-0.05, 0) is 29.2 Å². The lowest BCUT2D eigenvalue weighted by Crippen LogP contribution is -2.71. The summed E-state index contributed by atoms with van der Waals surface area (Å²) in [7, 11) is 1.71. The van der Waals surface area contributed by atoms with Crippen molar-refractivity contribution in [3.05, 3.63) is 28.5 Å². The van der Waals surface area contributed by atoms with Gasteiger partial charge in [0, 0.05) is 16.9 Å². The molecule has 4 heterocycles. The number of rotatable bonds is 11. The average Bonchev–Trinajstić information content (AvgIpc) is 3.33. The molecule has 1 fully saturated rings. The summed E-state index contributed by atoms with van der Waals surface area (Å²) in [6, 6.07) is -0.967. The summed E-state index contributed by atoms with van der Waals surface area (Å²) in [4.78, 5) is 63.5. The van der Waals surface area contributed by atoms with Gasteiger partial charge in [0.25, 0.3) is 17.6 Å². The molecule has 15 nitrogen and oxygen atoms in total. The standard InChI is InChI=1S/C21H23N9O6S3/c1-3-36-28-12(11-7-38-20(23)25-11)16(32)26-13-17(33)30-14(19(34)35)9(5-37-18(13)30)6-39-21-27-15(22)10(24-8-31)4-29(21)2/h4,7-8,13,18,22H,3,5-6H2,1-2H3,(H5,23,24,25,26,31,32,34,35)/p+1/b28-12-/t13?,18-/m1/s1. The van der Waals surface area contributed by atoms with Crippen LogP contribution in [0.1, 0.15) is 12.6 Å². The molecule has 0 bridgehead atoms. The van der Waals surface area contributed by atoms with E-state index < -0.39 is 29.2 Å². The van der Waals surface area contributed by atoms with Crippen LogP contribution in [0, 0.1) is 0 Å². The fourth-order valence-electron chi connectivity index (χ4n) is 3.75. The second-order valence-electron chi connectivity index (χ2n) is 8.03. The molecule has 2 aliphatic heterocycles. The van der Waals surface area contributed by atoms with Crippen molar-refractivity contribution in [2.45, 2.75) is 23.5 Å². The summed E-state index contributed by atoms with van der Waals surface area (Å²) in [5.41, 5.74) is 12.3. The van der Waals surface area contributed by atoms with Crippen molar-refractivity contribution in [2.75, 3.05) is 34.9 Å². The number of hydrogen-bond donors (Lipinski definition) is 5. The number of nitrogens with two attached hydrogens (primary N) is 2. The molecule has 0 aliphatic carbocycles. The maximum Gasteiger partial charge on any atom is 0.361 e. The van der Waals surface area contributed by atoms with Gasteiger partial charge >= 0.3 is 11.1 Å². The molecular formula is C21H24N9O6S3+. The van der Waals surface area contributed by atoms with Gasteiger partial charge in [0.2, 0.25) is 6.41 Å². The summed E-state index contributed by atoms with van der Waals surface area (Å²) in [5, 5.41) is 20.5. The molecule has 4 rings (SSSR count). The summed E-state index contributed by atoms with van der Waals surface area (Å²) >= 11 is 3.68. The number of nitrogens with zero attached hydrogens (tertiary/aromatic N) is 5. The van der Waals surface area contributed by atoms with Crippen LogP contribution in [0.5, 0.6) is 0 Å². The normalized spacial score (nSPS) is 18.8. The van der Waals surface area contributed by atoms with E-state index in [1.807, 2.05) is 0 Å². The first-order valence-corrected chi connectivity index (χ1v) is 14.2. The zero-order valence-corrected chi connectivity index (χ0v) is 23.1. The highest BCUT2D eigenvalue weighted by Gasteiger charge is 2.54. The minimum Gasteiger partial charge on any atom is -0.477 e. The van der Waals surface area contributed by atoms with Gasteiger partial charge in [-0.2, -0.15) is 0 Å². The molecule has 7 N–H and O–H groups in total. The van der Waals surface area contributed by atoms with Crippen LogP contribution in [0.25, 0.3) is 0 Å². The number of anilines is 3. The highest BCUT2D eigenvalue weighted by molar-refractivity contribution is 8.01. The van der Waals surface area contributed by atoms with Crippen molar-refractivity contribution in [1.82, 2.24) is 20.2 Å². The van der Waals surface area contributed by atoms with E-state index in [4.69, 9.17) is 16.3 Å². The average molecular weight is 595 g/mol. The molecular weight excluding hydrogens is 570 g/mol. The Balaban J connectivity index is 1.50. The predicted molar refractivity (Wildman–Crippen MR) is 145 cm³/mol. The Hall–Kier alpha value is -3.90. The number of nitrogens with one attached hydrogen (secondary N) is 2. The summed E-state index contributed by atoms with van der Waals surface area (Å²) < 4.78 is 1.64. The molecule has 206 valence electrons. The summed E-state index contributed by atoms with van der Waals surface area (Å²) in [6.07, 6.45) is 2.08. The number of carboxylic acids is 1. The van der Waals surface area contributed by atoms with Gasteiger partial charge in [-0.25, -0.2) is 14.3 Å². The van der Waals surface area contributed by atoms with Gasteiger partial charge in [0.1, 0.15) is 41.3 Å². The number of aliphatic carboxylic acids is 1. The summed E-state index contributed by atoms with van der Waals surface area (Å²) in [5.74, 6) is -1.88. The minimum absolute atomic E-state index is 0.109. The molecule has 18 heteroatoms. The second kappa shape index (κ2) is 11.9. The lowest BCUT2D eigenvalue weighted by molar-refractivity contribution is -0.712. The van der Waals surface area contributed by atoms with Crippen LogP contribution in [0.2, 0.25) is 0 Å². The predicted octanol–water partition coefficient (Wildman–Crippen LogP) is -0.633. The highest BCUT2D eigenvalue weighted by Crippen LogP contribution is 2.41. The Bertz CT molecular complexity index is 1400. The zero-order chi connectivity index (χ0) is 28.3. The van der Waals surface area contributed by atoms with Gasteiger partial charge in [0.15, 0.2) is 10.8 Å². The molecule has 0 aromatic carbocycles. The molecule has 1 unspecified atom stereocenters. The third kappa shape index (κ3) is 5.76. The van der Waals surface area contributed by atoms with Crippen LogP contribution in [0.3, 0.4) is 0 Å². The SMILES string of the molecule is CCO/N=C(\C(=O)NC1C(=O)N2C(C(=O)O)=C(CSc3nc(N)c(NC=O)c[n+]3C)CS[C@H]12)c1csc(N)n1. The zero-order valence-electron chi connectivity index (χ0n) is 20.6. The Labute approximate surface area is 234 Å². The Morgan fingerprint density at radius 2 is 2.18 bits per heavy atom. The number of hydrogen-bond acceptors (Lipinski definition) is 13. The van der Waals surface area contributed by atoms with Crippen LogP contribution < -0.4 is 26.7 Å². The number of β-lactam (4-membered cyclic amide) rings is 1. The smallest absolute Gasteiger partial charge is 0.361 e. The second-order valence-corrected chi connectivity index (χ2v) is 11.0. The molecule has 2 aromatic rings. The molecule has 2 aliphatic rings. The number of carbonyl (C=O) groups is 4. The fraction of sp³-hybridized carbons (Fsp3) is 0.333. The van der Waals surface area contributed by atoms with Crippen molar-refractivity contribution in [2.24, 2.45) is 12.2 Å². The number of aryl methyl sites for hydroxylation is 1. The van der Waals surface area contributed by atoms with Crippen molar-refractivity contribution < 1.29 is 33.7 Å². The van der Waals surface area contributed by atoms with Gasteiger partial charge < -0.3 is 32.0 Å². The monoisotopic (exact) mass is 594 g/mol. The van der Waals surface area contributed by atoms with Crippen LogP contribution in [-0.4, -0.2) is 79.4 Å². The topological polar surface area (TPSA) is 219 Å². The quantitative estimate of drug-likeness (QED) is 0.0417. The highest BCUT2D eigenvalue weighted by atomic mass is 32.2. The maximum absolute atomic E-state index is 13.1. The fourth-order valence-corrected chi connectivity index (χ4v) is 6.74. The number of carboxylic acid groups (broad SMARTS) is 1. The van der Waals surface area contributed by atoms with Crippen LogP contribution in [0.4, 0.5) is 16.6 Å². The number of amides is 3. The molecule has 0 radical (unpaired) electrons. The van der Waals surface area contributed by atoms with Crippen molar-refractivity contribution >= 4 is 81.4 Å². The van der Waals surface area contributed by atoms with E-state index >= 15 is 0 Å². The van der Waals surface area contributed by atoms with E-state index in [-0.39, 0.29) is 40.4 Å². The third-order valence-corrected chi connectivity index (χ3v) is 8.65. The maximum atomic E-state index is 13.1. The largest absolute Gasteiger partial charge is 0.477 e. The van der Waals surface area contributed by atoms with Crippen molar-refractivity contribution in [1.29, 1.82) is 0 Å².